The fourth-order valence-electron chi connectivity index (χ4n) is 7.58. The van der Waals surface area contributed by atoms with E-state index in [1.807, 2.05) is 0 Å². The fraction of sp³-hybridized carbons (Fsp3) is 0.432. The van der Waals surface area contributed by atoms with Crippen LogP contribution in [-0.2, 0) is 46.4 Å². The minimum absolute atomic E-state index is 0.0406. The second-order valence-electron chi connectivity index (χ2n) is 15.3. The van der Waals surface area contributed by atoms with E-state index in [0.29, 0.717) is 41.9 Å². The number of fused-ring (bicyclic) bond motifs is 10. The van der Waals surface area contributed by atoms with Crippen LogP contribution in [0, 0.1) is 5.92 Å². The Kier molecular flexibility index (Phi) is 16.2. The molecule has 0 aromatic heterocycles. The Balaban J connectivity index is 1.38. The summed E-state index contributed by atoms with van der Waals surface area (Å²) in [5.41, 5.74) is 1.69. The topological polar surface area (TPSA) is 241 Å². The second kappa shape index (κ2) is 21.6. The minimum atomic E-state index is -1.83. The summed E-state index contributed by atoms with van der Waals surface area (Å²) in [5, 5.41) is 36.7. The van der Waals surface area contributed by atoms with Crippen molar-refractivity contribution in [3.63, 3.8) is 0 Å². The molecule has 1 aliphatic carbocycles. The molecule has 0 radical (unpaired) electrons. The molecule has 3 aromatic carbocycles. The molecule has 6 rings (SSSR count). The largest absolute Gasteiger partial charge is 0.479 e. The number of carbonyl (C=O) groups is 7. The molecule has 4 bridgehead atoms. The van der Waals surface area contributed by atoms with Crippen molar-refractivity contribution in [2.24, 2.45) is 5.92 Å². The Labute approximate surface area is 348 Å². The molecule has 6 amide bonds. The van der Waals surface area contributed by atoms with E-state index in [4.69, 9.17) is 4.74 Å². The number of rotatable bonds is 13. The normalized spacial score (nSPS) is 20.1. The van der Waals surface area contributed by atoms with Crippen LogP contribution >= 0.6 is 0 Å². The van der Waals surface area contributed by atoms with Gasteiger partial charge in [-0.25, -0.2) is 4.79 Å². The molecule has 0 saturated heterocycles. The molecule has 60 heavy (non-hydrogen) atoms. The fourth-order valence-corrected chi connectivity index (χ4v) is 7.58. The van der Waals surface area contributed by atoms with Crippen LogP contribution in [-0.4, -0.2) is 88.4 Å². The summed E-state index contributed by atoms with van der Waals surface area (Å²) in [4.78, 5) is 92.6. The standard InChI is InChI=1S/C44H54N6O10/c1-3-11-33(39(53)43(57)45-25-36(52)49-38(44(58)59)30-15-8-5-9-16-30)47-40(54)35-24-28-12-10-17-32(22-28)60-31-20-18-27(19-21-31)23-34(46-26(2)51)41(55)50-37(42(56)48-35)29-13-6-4-7-14-29/h5,8-10,12,15-22,29,33-35,37-39,53H,3-4,6-7,11,13-14,23-25H2,1-2H3,(H,45,57)(H,46,51)(H,47,54)(H,48,56)(H,49,52)(H,50,55)(H,58,59)/t33?,34-,35+,37+,38+,39?/m1/s1. The lowest BCUT2D eigenvalue weighted by Gasteiger charge is -2.33. The van der Waals surface area contributed by atoms with E-state index in [1.165, 1.54) is 19.1 Å². The van der Waals surface area contributed by atoms with Crippen molar-refractivity contribution in [2.75, 3.05) is 6.54 Å². The molecule has 6 atom stereocenters. The summed E-state index contributed by atoms with van der Waals surface area (Å²) in [5.74, 6) is -4.71. The zero-order valence-electron chi connectivity index (χ0n) is 33.8. The average molecular weight is 827 g/mol. The maximum absolute atomic E-state index is 14.4. The Hall–Kier alpha value is -6.29. The molecule has 8 N–H and O–H groups in total. The summed E-state index contributed by atoms with van der Waals surface area (Å²) < 4.78 is 6.10. The van der Waals surface area contributed by atoms with E-state index in [2.05, 4.69) is 31.9 Å². The van der Waals surface area contributed by atoms with Crippen LogP contribution in [0.15, 0.2) is 78.9 Å². The lowest BCUT2D eigenvalue weighted by Crippen LogP contribution is -2.61. The summed E-state index contributed by atoms with van der Waals surface area (Å²) in [6.07, 6.45) is 2.80. The van der Waals surface area contributed by atoms with E-state index < -0.39 is 84.3 Å². The summed E-state index contributed by atoms with van der Waals surface area (Å²) >= 11 is 0. The van der Waals surface area contributed by atoms with Crippen molar-refractivity contribution >= 4 is 41.4 Å². The maximum atomic E-state index is 14.4. The molecule has 0 spiro atoms. The van der Waals surface area contributed by atoms with Crippen molar-refractivity contribution in [3.05, 3.63) is 95.6 Å². The lowest BCUT2D eigenvalue weighted by atomic mass is 9.83. The maximum Gasteiger partial charge on any atom is 0.330 e. The Morgan fingerprint density at radius 1 is 0.817 bits per heavy atom. The van der Waals surface area contributed by atoms with Gasteiger partial charge in [-0.15, -0.1) is 0 Å². The predicted octanol–water partition coefficient (Wildman–Crippen LogP) is 2.34. The third-order valence-corrected chi connectivity index (χ3v) is 10.7. The number of aliphatic hydroxyl groups excluding tert-OH is 1. The zero-order chi connectivity index (χ0) is 43.2. The van der Waals surface area contributed by atoms with Gasteiger partial charge in [0.25, 0.3) is 5.91 Å². The highest BCUT2D eigenvalue weighted by molar-refractivity contribution is 5.95. The highest BCUT2D eigenvalue weighted by Gasteiger charge is 2.37. The van der Waals surface area contributed by atoms with E-state index in [9.17, 15) is 43.8 Å². The summed E-state index contributed by atoms with van der Waals surface area (Å²) in [6, 6.07) is 16.2. The van der Waals surface area contributed by atoms with Crippen molar-refractivity contribution < 1.29 is 48.5 Å². The first-order chi connectivity index (χ1) is 28.8. The van der Waals surface area contributed by atoms with Gasteiger partial charge < -0.3 is 46.9 Å². The number of aliphatic carboxylic acids is 1. The van der Waals surface area contributed by atoms with Gasteiger partial charge in [-0.3, -0.25) is 28.8 Å². The molecule has 16 heteroatoms. The van der Waals surface area contributed by atoms with Crippen LogP contribution in [0.3, 0.4) is 0 Å². The van der Waals surface area contributed by atoms with Crippen molar-refractivity contribution in [1.29, 1.82) is 0 Å². The summed E-state index contributed by atoms with van der Waals surface area (Å²) in [7, 11) is 0. The minimum Gasteiger partial charge on any atom is -0.479 e. The van der Waals surface area contributed by atoms with Gasteiger partial charge >= 0.3 is 5.97 Å². The number of carbonyl (C=O) groups excluding carboxylic acids is 6. The predicted molar refractivity (Wildman–Crippen MR) is 219 cm³/mol. The van der Waals surface area contributed by atoms with Crippen molar-refractivity contribution in [3.8, 4) is 11.5 Å². The Morgan fingerprint density at radius 2 is 1.53 bits per heavy atom. The molecule has 2 heterocycles. The van der Waals surface area contributed by atoms with E-state index in [0.717, 1.165) is 24.8 Å². The molecule has 1 fully saturated rings. The second-order valence-corrected chi connectivity index (χ2v) is 15.3. The smallest absolute Gasteiger partial charge is 0.330 e. The molecule has 1 saturated carbocycles. The van der Waals surface area contributed by atoms with Crippen LogP contribution in [0.1, 0.15) is 81.5 Å². The first-order valence-electron chi connectivity index (χ1n) is 20.4. The Morgan fingerprint density at radius 3 is 2.20 bits per heavy atom. The van der Waals surface area contributed by atoms with Gasteiger partial charge in [-0.05, 0) is 66.1 Å². The number of ether oxygens (including phenoxy) is 1. The van der Waals surface area contributed by atoms with Gasteiger partial charge in [0, 0.05) is 19.8 Å². The first kappa shape index (κ1) is 44.8. The molecule has 320 valence electrons. The lowest BCUT2D eigenvalue weighted by molar-refractivity contribution is -0.142. The number of hydrogen-bond donors (Lipinski definition) is 8. The Bertz CT molecular complexity index is 1990. The van der Waals surface area contributed by atoms with Crippen LogP contribution in [0.4, 0.5) is 0 Å². The number of hydrogen-bond acceptors (Lipinski definition) is 9. The number of nitrogens with one attached hydrogen (secondary N) is 6. The average Bonchev–Trinajstić information content (AvgIpc) is 3.23. The van der Waals surface area contributed by atoms with Gasteiger partial charge in [0.1, 0.15) is 29.6 Å². The molecule has 16 nitrogen and oxygen atoms in total. The monoisotopic (exact) mass is 826 g/mol. The highest BCUT2D eigenvalue weighted by atomic mass is 16.5. The molecular weight excluding hydrogens is 773 g/mol. The zero-order valence-corrected chi connectivity index (χ0v) is 33.8. The number of amides is 6. The number of benzene rings is 3. The van der Waals surface area contributed by atoms with Gasteiger partial charge in [0.2, 0.25) is 29.5 Å². The van der Waals surface area contributed by atoms with Gasteiger partial charge in [0.15, 0.2) is 12.1 Å². The first-order valence-corrected chi connectivity index (χ1v) is 20.4. The SMILES string of the molecule is CCCC(NC(=O)[C@@H]1Cc2cccc(c2)Oc2ccc(cc2)C[C@@H](NC(C)=O)C(=O)N[C@@H](C2CCCCC2)C(=O)N1)C(O)C(=O)NCC(=O)N[C@H](C(=O)O)c1ccccc1. The number of aliphatic hydroxyl groups is 1. The van der Waals surface area contributed by atoms with Gasteiger partial charge in [0.05, 0.1) is 12.6 Å². The number of carboxylic acid groups (broad SMARTS) is 1. The van der Waals surface area contributed by atoms with Crippen LogP contribution in [0.2, 0.25) is 0 Å². The quantitative estimate of drug-likeness (QED) is 0.125. The molecule has 3 aromatic rings. The van der Waals surface area contributed by atoms with Gasteiger partial charge in [-0.2, -0.15) is 0 Å². The molecule has 3 aliphatic rings. The third kappa shape index (κ3) is 12.9. The van der Waals surface area contributed by atoms with Crippen LogP contribution in [0.5, 0.6) is 11.5 Å². The van der Waals surface area contributed by atoms with Crippen LogP contribution < -0.4 is 36.6 Å². The molecular formula is C44H54N6O10. The van der Waals surface area contributed by atoms with E-state index >= 15 is 0 Å². The van der Waals surface area contributed by atoms with Crippen molar-refractivity contribution in [2.45, 2.75) is 108 Å². The van der Waals surface area contributed by atoms with Crippen LogP contribution in [0.25, 0.3) is 0 Å². The molecule has 2 unspecified atom stereocenters. The van der Waals surface area contributed by atoms with Gasteiger partial charge in [-0.1, -0.05) is 87.2 Å². The number of carboxylic acids is 1. The summed E-state index contributed by atoms with van der Waals surface area (Å²) in [6.45, 7) is 2.44. The van der Waals surface area contributed by atoms with E-state index in [-0.39, 0.29) is 25.2 Å². The van der Waals surface area contributed by atoms with E-state index in [1.54, 1.807) is 73.7 Å². The molecule has 2 aliphatic heterocycles. The highest BCUT2D eigenvalue weighted by Crippen LogP contribution is 2.28. The van der Waals surface area contributed by atoms with Crippen molar-refractivity contribution in [1.82, 2.24) is 31.9 Å². The third-order valence-electron chi connectivity index (χ3n) is 10.7.